The van der Waals surface area contributed by atoms with Crippen molar-refractivity contribution in [1.82, 2.24) is 0 Å². The Morgan fingerprint density at radius 1 is 0.773 bits per heavy atom. The van der Waals surface area contributed by atoms with Gasteiger partial charge in [0.2, 0.25) is 0 Å². The molecule has 0 aliphatic carbocycles. The van der Waals surface area contributed by atoms with Crippen LogP contribution in [0.4, 0.5) is 15.8 Å². The smallest absolute Gasteiger partial charge is 0.124 e. The van der Waals surface area contributed by atoms with Crippen molar-refractivity contribution in [3.8, 4) is 22.3 Å². The maximum absolute atomic E-state index is 13.2. The van der Waals surface area contributed by atoms with E-state index in [2.05, 4.69) is 0 Å². The van der Waals surface area contributed by atoms with Gasteiger partial charge in [0.05, 0.1) is 5.02 Å². The van der Waals surface area contributed by atoms with Gasteiger partial charge in [-0.2, -0.15) is 0 Å². The van der Waals surface area contributed by atoms with Gasteiger partial charge in [0, 0.05) is 28.1 Å². The topological polar surface area (TPSA) is 52.0 Å². The molecule has 3 aromatic rings. The fraction of sp³-hybridized carbons (Fsp3) is 0. The molecule has 3 aromatic carbocycles. The highest BCUT2D eigenvalue weighted by Gasteiger charge is 2.13. The minimum absolute atomic E-state index is 0.302. The van der Waals surface area contributed by atoms with Crippen LogP contribution in [0.2, 0.25) is 5.02 Å². The average Bonchev–Trinajstić information content (AvgIpc) is 2.50. The van der Waals surface area contributed by atoms with Crippen LogP contribution in [0.5, 0.6) is 0 Å². The van der Waals surface area contributed by atoms with Crippen molar-refractivity contribution in [2.45, 2.75) is 0 Å². The lowest BCUT2D eigenvalue weighted by Gasteiger charge is -2.14. The van der Waals surface area contributed by atoms with Crippen LogP contribution in [0.1, 0.15) is 0 Å². The second-order valence-corrected chi connectivity index (χ2v) is 5.43. The van der Waals surface area contributed by atoms with Crippen molar-refractivity contribution in [2.75, 3.05) is 11.5 Å². The molecule has 0 fully saturated rings. The quantitative estimate of drug-likeness (QED) is 0.656. The Kier molecular flexibility index (Phi) is 3.73. The van der Waals surface area contributed by atoms with Crippen LogP contribution in [0.25, 0.3) is 22.3 Å². The SMILES string of the molecule is Nc1cc(-c2ccccc2)c(N)c(-c2ccc(F)cc2Cl)c1. The number of halogens is 2. The molecule has 0 aromatic heterocycles. The van der Waals surface area contributed by atoms with Crippen molar-refractivity contribution in [3.05, 3.63) is 71.5 Å². The Morgan fingerprint density at radius 2 is 1.45 bits per heavy atom. The predicted octanol–water partition coefficient (Wildman–Crippen LogP) is 4.98. The van der Waals surface area contributed by atoms with E-state index < -0.39 is 0 Å². The maximum atomic E-state index is 13.2. The summed E-state index contributed by atoms with van der Waals surface area (Å²) in [7, 11) is 0. The molecule has 110 valence electrons. The largest absolute Gasteiger partial charge is 0.399 e. The second kappa shape index (κ2) is 5.70. The van der Waals surface area contributed by atoms with E-state index in [1.165, 1.54) is 12.1 Å². The van der Waals surface area contributed by atoms with Gasteiger partial charge in [-0.15, -0.1) is 0 Å². The number of hydrogen-bond donors (Lipinski definition) is 2. The summed E-state index contributed by atoms with van der Waals surface area (Å²) in [5.41, 5.74) is 16.6. The molecule has 0 spiro atoms. The van der Waals surface area contributed by atoms with Crippen molar-refractivity contribution in [2.24, 2.45) is 0 Å². The molecule has 22 heavy (non-hydrogen) atoms. The first kappa shape index (κ1) is 14.4. The Hall–Kier alpha value is -2.52. The predicted molar refractivity (Wildman–Crippen MR) is 91.1 cm³/mol. The minimum atomic E-state index is -0.389. The van der Waals surface area contributed by atoms with Gasteiger partial charge in [0.25, 0.3) is 0 Å². The second-order valence-electron chi connectivity index (χ2n) is 5.02. The molecule has 0 saturated heterocycles. The van der Waals surface area contributed by atoms with Crippen LogP contribution < -0.4 is 11.5 Å². The highest BCUT2D eigenvalue weighted by molar-refractivity contribution is 6.33. The fourth-order valence-electron chi connectivity index (χ4n) is 2.46. The Labute approximate surface area is 133 Å². The minimum Gasteiger partial charge on any atom is -0.399 e. The Balaban J connectivity index is 2.23. The number of nitrogens with two attached hydrogens (primary N) is 2. The molecule has 0 amide bonds. The summed E-state index contributed by atoms with van der Waals surface area (Å²) >= 11 is 6.15. The molecular weight excluding hydrogens is 299 g/mol. The number of nitrogen functional groups attached to an aromatic ring is 2. The van der Waals surface area contributed by atoms with Crippen molar-refractivity contribution < 1.29 is 4.39 Å². The summed E-state index contributed by atoms with van der Waals surface area (Å²) in [6, 6.07) is 17.5. The van der Waals surface area contributed by atoms with E-state index in [0.29, 0.717) is 27.5 Å². The lowest BCUT2D eigenvalue weighted by molar-refractivity contribution is 0.628. The summed E-state index contributed by atoms with van der Waals surface area (Å²) in [4.78, 5) is 0. The van der Waals surface area contributed by atoms with E-state index >= 15 is 0 Å². The maximum Gasteiger partial charge on any atom is 0.124 e. The molecule has 4 N–H and O–H groups in total. The van der Waals surface area contributed by atoms with E-state index in [1.54, 1.807) is 12.1 Å². The van der Waals surface area contributed by atoms with E-state index in [9.17, 15) is 4.39 Å². The van der Waals surface area contributed by atoms with Gasteiger partial charge in [-0.05, 0) is 35.9 Å². The zero-order chi connectivity index (χ0) is 15.7. The lowest BCUT2D eigenvalue weighted by Crippen LogP contribution is -1.98. The summed E-state index contributed by atoms with van der Waals surface area (Å²) < 4.78 is 13.2. The summed E-state index contributed by atoms with van der Waals surface area (Å²) in [5.74, 6) is -0.389. The van der Waals surface area contributed by atoms with Gasteiger partial charge < -0.3 is 11.5 Å². The third kappa shape index (κ3) is 2.63. The summed E-state index contributed by atoms with van der Waals surface area (Å²) in [6.07, 6.45) is 0. The fourth-order valence-corrected chi connectivity index (χ4v) is 2.73. The lowest BCUT2D eigenvalue weighted by atomic mass is 9.95. The first-order chi connectivity index (χ1) is 10.6. The van der Waals surface area contributed by atoms with Crippen LogP contribution in [-0.4, -0.2) is 0 Å². The van der Waals surface area contributed by atoms with Gasteiger partial charge in [0.1, 0.15) is 5.82 Å². The standard InChI is InChI=1S/C18H14ClFN2/c19-17-8-12(20)6-7-14(17)16-10-13(21)9-15(18(16)22)11-4-2-1-3-5-11/h1-10H,21-22H2. The molecule has 0 heterocycles. The van der Waals surface area contributed by atoms with Gasteiger partial charge in [-0.25, -0.2) is 4.39 Å². The Morgan fingerprint density at radius 3 is 2.14 bits per heavy atom. The van der Waals surface area contributed by atoms with Crippen molar-refractivity contribution in [3.63, 3.8) is 0 Å². The molecule has 0 aliphatic heterocycles. The summed E-state index contributed by atoms with van der Waals surface area (Å²) in [6.45, 7) is 0. The molecule has 0 unspecified atom stereocenters. The summed E-state index contributed by atoms with van der Waals surface area (Å²) in [5, 5.41) is 0.302. The third-order valence-corrected chi connectivity index (χ3v) is 3.82. The molecule has 3 rings (SSSR count). The number of hydrogen-bond acceptors (Lipinski definition) is 2. The van der Waals surface area contributed by atoms with E-state index in [-0.39, 0.29) is 5.82 Å². The van der Waals surface area contributed by atoms with Gasteiger partial charge in [0.15, 0.2) is 0 Å². The molecule has 0 radical (unpaired) electrons. The molecule has 0 aliphatic rings. The van der Waals surface area contributed by atoms with Crippen LogP contribution in [0.15, 0.2) is 60.7 Å². The average molecular weight is 313 g/mol. The normalized spacial score (nSPS) is 10.6. The van der Waals surface area contributed by atoms with Gasteiger partial charge in [-0.3, -0.25) is 0 Å². The molecule has 0 saturated carbocycles. The van der Waals surface area contributed by atoms with Crippen LogP contribution >= 0.6 is 11.6 Å². The van der Waals surface area contributed by atoms with Crippen molar-refractivity contribution >= 4 is 23.0 Å². The number of rotatable bonds is 2. The third-order valence-electron chi connectivity index (χ3n) is 3.51. The Bertz CT molecular complexity index is 832. The van der Waals surface area contributed by atoms with Crippen LogP contribution in [0.3, 0.4) is 0 Å². The molecule has 0 atom stereocenters. The zero-order valence-electron chi connectivity index (χ0n) is 11.7. The van der Waals surface area contributed by atoms with Crippen LogP contribution in [0, 0.1) is 5.82 Å². The molecule has 2 nitrogen and oxygen atoms in total. The molecular formula is C18H14ClFN2. The number of anilines is 2. The van der Waals surface area contributed by atoms with E-state index in [1.807, 2.05) is 36.4 Å². The van der Waals surface area contributed by atoms with Gasteiger partial charge >= 0.3 is 0 Å². The van der Waals surface area contributed by atoms with Crippen LogP contribution in [-0.2, 0) is 0 Å². The first-order valence-corrected chi connectivity index (χ1v) is 7.14. The first-order valence-electron chi connectivity index (χ1n) is 6.76. The number of benzene rings is 3. The monoisotopic (exact) mass is 312 g/mol. The highest BCUT2D eigenvalue weighted by Crippen LogP contribution is 2.39. The van der Waals surface area contributed by atoms with Gasteiger partial charge in [-0.1, -0.05) is 41.9 Å². The van der Waals surface area contributed by atoms with E-state index in [4.69, 9.17) is 23.1 Å². The zero-order valence-corrected chi connectivity index (χ0v) is 12.4. The molecule has 0 bridgehead atoms. The van der Waals surface area contributed by atoms with E-state index in [0.717, 1.165) is 11.1 Å². The highest BCUT2D eigenvalue weighted by atomic mass is 35.5. The molecule has 4 heteroatoms. The van der Waals surface area contributed by atoms with Crippen molar-refractivity contribution in [1.29, 1.82) is 0 Å².